The molecule has 0 aromatic heterocycles. The summed E-state index contributed by atoms with van der Waals surface area (Å²) in [6, 6.07) is 0. The minimum atomic E-state index is -0.0128. The minimum Gasteiger partial charge on any atom is -0.490 e. The largest absolute Gasteiger partial charge is 0.490 e. The maximum Gasteiger partial charge on any atom is 0.204 e. The third-order valence-corrected chi connectivity index (χ3v) is 2.83. The van der Waals surface area contributed by atoms with Gasteiger partial charge in [0.05, 0.1) is 0 Å². The van der Waals surface area contributed by atoms with Crippen molar-refractivity contribution < 1.29 is 14.3 Å². The van der Waals surface area contributed by atoms with Gasteiger partial charge >= 0.3 is 0 Å². The van der Waals surface area contributed by atoms with Gasteiger partial charge in [-0.3, -0.25) is 4.79 Å². The van der Waals surface area contributed by atoms with Gasteiger partial charge in [-0.05, 0) is 5.41 Å². The van der Waals surface area contributed by atoms with Gasteiger partial charge in [0.15, 0.2) is 0 Å². The number of hydrogen-bond donors (Lipinski definition) is 0. The van der Waals surface area contributed by atoms with E-state index in [2.05, 4.69) is 20.8 Å². The summed E-state index contributed by atoms with van der Waals surface area (Å²) in [5.41, 5.74) is -0.0128. The number of ketones is 1. The molecule has 0 bridgehead atoms. The second-order valence-electron chi connectivity index (χ2n) is 4.94. The van der Waals surface area contributed by atoms with E-state index in [9.17, 15) is 4.79 Å². The van der Waals surface area contributed by atoms with Gasteiger partial charge < -0.3 is 9.47 Å². The average molecular weight is 196 g/mol. The van der Waals surface area contributed by atoms with Crippen LogP contribution < -0.4 is 0 Å². The zero-order chi connectivity index (χ0) is 10.3. The van der Waals surface area contributed by atoms with Gasteiger partial charge in [0.1, 0.15) is 19.0 Å². The molecule has 0 unspecified atom stereocenters. The van der Waals surface area contributed by atoms with E-state index in [4.69, 9.17) is 9.47 Å². The molecule has 1 aliphatic heterocycles. The number of carbonyl (C=O) groups is 1. The fourth-order valence-electron chi connectivity index (χ4n) is 1.95. The number of ether oxygens (including phenoxy) is 2. The predicted octanol–water partition coefficient (Wildman–Crippen LogP) is 1.88. The van der Waals surface area contributed by atoms with Crippen molar-refractivity contribution in [3.05, 3.63) is 11.5 Å². The van der Waals surface area contributed by atoms with Crippen LogP contribution in [-0.2, 0) is 14.3 Å². The van der Waals surface area contributed by atoms with E-state index in [0.29, 0.717) is 25.4 Å². The molecule has 0 saturated carbocycles. The lowest BCUT2D eigenvalue weighted by Crippen LogP contribution is -2.26. The Balaban J connectivity index is 2.22. The molecule has 1 atom stereocenters. The SMILES string of the molecule is CC(C)(C)[C@@H]1CC2=C(OCCO2)C1=O. The lowest BCUT2D eigenvalue weighted by Gasteiger charge is -2.24. The number of hydrogen-bond acceptors (Lipinski definition) is 3. The van der Waals surface area contributed by atoms with Crippen LogP contribution in [0.5, 0.6) is 0 Å². The molecule has 3 nitrogen and oxygen atoms in total. The van der Waals surface area contributed by atoms with E-state index in [1.165, 1.54) is 0 Å². The van der Waals surface area contributed by atoms with Crippen LogP contribution in [0, 0.1) is 11.3 Å². The van der Waals surface area contributed by atoms with E-state index in [0.717, 1.165) is 5.76 Å². The van der Waals surface area contributed by atoms with Gasteiger partial charge in [-0.25, -0.2) is 0 Å². The Labute approximate surface area is 84.1 Å². The first-order valence-electron chi connectivity index (χ1n) is 5.03. The first kappa shape index (κ1) is 9.56. The van der Waals surface area contributed by atoms with E-state index < -0.39 is 0 Å². The standard InChI is InChI=1S/C11H16O3/c1-11(2,3)7-6-8-10(9(7)12)14-5-4-13-8/h7H,4-6H2,1-3H3/t7-/m1/s1. The van der Waals surface area contributed by atoms with E-state index in [1.54, 1.807) is 0 Å². The maximum absolute atomic E-state index is 11.9. The summed E-state index contributed by atoms with van der Waals surface area (Å²) in [6.45, 7) is 7.31. The molecule has 3 heteroatoms. The van der Waals surface area contributed by atoms with Crippen LogP contribution in [0.4, 0.5) is 0 Å². The Morgan fingerprint density at radius 2 is 1.86 bits per heavy atom. The van der Waals surface area contributed by atoms with Crippen molar-refractivity contribution in [3.8, 4) is 0 Å². The number of rotatable bonds is 0. The van der Waals surface area contributed by atoms with Gasteiger partial charge in [0, 0.05) is 12.3 Å². The zero-order valence-electron chi connectivity index (χ0n) is 8.92. The number of Topliss-reactive ketones (excluding diaryl/α,β-unsaturated/α-hetero) is 1. The van der Waals surface area contributed by atoms with Crippen LogP contribution in [-0.4, -0.2) is 19.0 Å². The molecule has 0 radical (unpaired) electrons. The molecule has 0 aromatic carbocycles. The smallest absolute Gasteiger partial charge is 0.204 e. The highest BCUT2D eigenvalue weighted by Gasteiger charge is 2.43. The monoisotopic (exact) mass is 196 g/mol. The predicted molar refractivity (Wildman–Crippen MR) is 51.5 cm³/mol. The number of allylic oxidation sites excluding steroid dienone is 2. The summed E-state index contributed by atoms with van der Waals surface area (Å²) >= 11 is 0. The Morgan fingerprint density at radius 3 is 2.43 bits per heavy atom. The van der Waals surface area contributed by atoms with Gasteiger partial charge in [0.2, 0.25) is 11.5 Å². The van der Waals surface area contributed by atoms with Gasteiger partial charge in [0.25, 0.3) is 0 Å². The first-order chi connectivity index (χ1) is 6.50. The summed E-state index contributed by atoms with van der Waals surface area (Å²) < 4.78 is 10.8. The molecular formula is C11H16O3. The van der Waals surface area contributed by atoms with Crippen LogP contribution in [0.1, 0.15) is 27.2 Å². The molecule has 0 amide bonds. The molecule has 1 heterocycles. The minimum absolute atomic E-state index is 0.0128. The fourth-order valence-corrected chi connectivity index (χ4v) is 1.95. The molecule has 2 aliphatic rings. The van der Waals surface area contributed by atoms with Crippen molar-refractivity contribution in [2.24, 2.45) is 11.3 Å². The Morgan fingerprint density at radius 1 is 1.21 bits per heavy atom. The van der Waals surface area contributed by atoms with E-state index in [-0.39, 0.29) is 17.1 Å². The molecule has 78 valence electrons. The maximum atomic E-state index is 11.9. The summed E-state index contributed by atoms with van der Waals surface area (Å²) in [4.78, 5) is 11.9. The molecule has 0 N–H and O–H groups in total. The average Bonchev–Trinajstić information content (AvgIpc) is 2.44. The molecule has 2 rings (SSSR count). The van der Waals surface area contributed by atoms with Crippen LogP contribution in [0.15, 0.2) is 11.5 Å². The van der Waals surface area contributed by atoms with Crippen molar-refractivity contribution in [3.63, 3.8) is 0 Å². The third kappa shape index (κ3) is 1.41. The van der Waals surface area contributed by atoms with Crippen molar-refractivity contribution in [2.45, 2.75) is 27.2 Å². The van der Waals surface area contributed by atoms with Crippen LogP contribution in [0.25, 0.3) is 0 Å². The van der Waals surface area contributed by atoms with Gasteiger partial charge in [-0.2, -0.15) is 0 Å². The highest BCUT2D eigenvalue weighted by molar-refractivity contribution is 5.99. The lowest BCUT2D eigenvalue weighted by atomic mass is 9.78. The molecule has 0 aromatic rings. The highest BCUT2D eigenvalue weighted by Crippen LogP contribution is 2.41. The third-order valence-electron chi connectivity index (χ3n) is 2.83. The van der Waals surface area contributed by atoms with Gasteiger partial charge in [-0.1, -0.05) is 20.8 Å². The second kappa shape index (κ2) is 3.01. The molecule has 14 heavy (non-hydrogen) atoms. The Bertz CT molecular complexity index is 296. The topological polar surface area (TPSA) is 35.5 Å². The molecule has 0 saturated heterocycles. The normalized spacial score (nSPS) is 27.1. The summed E-state index contributed by atoms with van der Waals surface area (Å²) in [5.74, 6) is 1.38. The second-order valence-corrected chi connectivity index (χ2v) is 4.94. The Hall–Kier alpha value is -0.990. The van der Waals surface area contributed by atoms with Crippen molar-refractivity contribution in [2.75, 3.05) is 13.2 Å². The van der Waals surface area contributed by atoms with Crippen molar-refractivity contribution in [1.82, 2.24) is 0 Å². The Kier molecular flexibility index (Phi) is 2.05. The van der Waals surface area contributed by atoms with Crippen molar-refractivity contribution in [1.29, 1.82) is 0 Å². The summed E-state index contributed by atoms with van der Waals surface area (Å²) in [7, 11) is 0. The van der Waals surface area contributed by atoms with E-state index in [1.807, 2.05) is 0 Å². The lowest BCUT2D eigenvalue weighted by molar-refractivity contribution is -0.124. The number of carbonyl (C=O) groups excluding carboxylic acids is 1. The molecule has 0 spiro atoms. The van der Waals surface area contributed by atoms with Crippen molar-refractivity contribution >= 4 is 5.78 Å². The fraction of sp³-hybridized carbons (Fsp3) is 0.727. The molecular weight excluding hydrogens is 180 g/mol. The van der Waals surface area contributed by atoms with Crippen LogP contribution in [0.3, 0.4) is 0 Å². The zero-order valence-corrected chi connectivity index (χ0v) is 8.92. The van der Waals surface area contributed by atoms with Gasteiger partial charge in [-0.15, -0.1) is 0 Å². The van der Waals surface area contributed by atoms with Crippen LogP contribution in [0.2, 0.25) is 0 Å². The summed E-state index contributed by atoms with van der Waals surface area (Å²) in [5, 5.41) is 0. The molecule has 1 aliphatic carbocycles. The highest BCUT2D eigenvalue weighted by atomic mass is 16.6. The molecule has 0 fully saturated rings. The van der Waals surface area contributed by atoms with Crippen LogP contribution >= 0.6 is 0 Å². The first-order valence-corrected chi connectivity index (χ1v) is 5.03. The summed E-state index contributed by atoms with van der Waals surface area (Å²) in [6.07, 6.45) is 0.706. The van der Waals surface area contributed by atoms with E-state index >= 15 is 0 Å². The quantitative estimate of drug-likeness (QED) is 0.593.